The summed E-state index contributed by atoms with van der Waals surface area (Å²) < 4.78 is 0. The van der Waals surface area contributed by atoms with Gasteiger partial charge in [0, 0.05) is 9.75 Å². The van der Waals surface area contributed by atoms with E-state index in [-0.39, 0.29) is 9.75 Å². The van der Waals surface area contributed by atoms with Crippen molar-refractivity contribution in [2.45, 2.75) is 69.5 Å². The molecule has 0 fully saturated rings. The van der Waals surface area contributed by atoms with E-state index in [1.165, 1.54) is 19.3 Å². The number of hydrogen-bond donors (Lipinski definition) is 0. The molecule has 0 bridgehead atoms. The summed E-state index contributed by atoms with van der Waals surface area (Å²) in [4.78, 5) is -0.0625. The zero-order valence-corrected chi connectivity index (χ0v) is 10.8. The Balaban J connectivity index is 3.28. The second-order valence-electron chi connectivity index (χ2n) is 5.00. The molecule has 0 nitrogen and oxygen atoms in total. The Hall–Kier alpha value is 0.580. The number of hydrogen-bond acceptors (Lipinski definition) is 0. The molecule has 0 radical (unpaired) electrons. The minimum Gasteiger partial charge on any atom is -0.120 e. The monoisotopic (exact) mass is 224 g/mol. The van der Waals surface area contributed by atoms with E-state index in [9.17, 15) is 0 Å². The molecule has 0 heterocycles. The molecule has 0 aliphatic carbocycles. The molecule has 0 aromatic carbocycles. The van der Waals surface area contributed by atoms with Gasteiger partial charge in [-0.15, -0.1) is 23.2 Å². The second kappa shape index (κ2) is 5.46. The first-order valence-corrected chi connectivity index (χ1v) is 5.84. The highest BCUT2D eigenvalue weighted by Gasteiger charge is 2.14. The van der Waals surface area contributed by atoms with Crippen LogP contribution in [0.25, 0.3) is 0 Å². The largest absolute Gasteiger partial charge is 0.120 e. The lowest BCUT2D eigenvalue weighted by Crippen LogP contribution is -2.11. The van der Waals surface area contributed by atoms with Crippen LogP contribution in [0.4, 0.5) is 0 Å². The minimum atomic E-state index is -0.0313. The van der Waals surface area contributed by atoms with E-state index in [4.69, 9.17) is 23.2 Å². The fourth-order valence-electron chi connectivity index (χ4n) is 1.27. The van der Waals surface area contributed by atoms with Gasteiger partial charge in [-0.1, -0.05) is 19.3 Å². The highest BCUT2D eigenvalue weighted by atomic mass is 35.5. The smallest absolute Gasteiger partial charge is 0.0390 e. The van der Waals surface area contributed by atoms with Crippen LogP contribution in [-0.4, -0.2) is 9.75 Å². The third-order valence-corrected chi connectivity index (χ3v) is 2.42. The van der Waals surface area contributed by atoms with Crippen LogP contribution in [0.2, 0.25) is 0 Å². The summed E-state index contributed by atoms with van der Waals surface area (Å²) in [6.45, 7) is 8.28. The van der Waals surface area contributed by atoms with Crippen LogP contribution in [-0.2, 0) is 0 Å². The molecule has 2 heteroatoms. The number of halogens is 2. The maximum Gasteiger partial charge on any atom is 0.0390 e. The van der Waals surface area contributed by atoms with Crippen LogP contribution in [0.15, 0.2) is 0 Å². The maximum absolute atomic E-state index is 6.08. The summed E-state index contributed by atoms with van der Waals surface area (Å²) in [6, 6.07) is 0. The summed E-state index contributed by atoms with van der Waals surface area (Å²) in [5.74, 6) is 0. The molecule has 0 aliphatic heterocycles. The molecule has 0 atom stereocenters. The van der Waals surface area contributed by atoms with Crippen molar-refractivity contribution < 1.29 is 0 Å². The lowest BCUT2D eigenvalue weighted by molar-refractivity contribution is 0.514. The van der Waals surface area contributed by atoms with Gasteiger partial charge in [0.05, 0.1) is 0 Å². The van der Waals surface area contributed by atoms with E-state index in [0.717, 1.165) is 12.8 Å². The second-order valence-corrected chi connectivity index (χ2v) is 7.04. The molecule has 0 spiro atoms. The molecule has 0 aliphatic rings. The molecule has 0 saturated heterocycles. The van der Waals surface area contributed by atoms with Crippen molar-refractivity contribution in [1.29, 1.82) is 0 Å². The highest BCUT2D eigenvalue weighted by molar-refractivity contribution is 6.23. The van der Waals surface area contributed by atoms with Crippen LogP contribution in [0, 0.1) is 0 Å². The summed E-state index contributed by atoms with van der Waals surface area (Å²) >= 11 is 12.2. The van der Waals surface area contributed by atoms with Crippen LogP contribution >= 0.6 is 23.2 Å². The lowest BCUT2D eigenvalue weighted by atomic mass is 10.0. The lowest BCUT2D eigenvalue weighted by Gasteiger charge is -2.17. The van der Waals surface area contributed by atoms with E-state index >= 15 is 0 Å². The first-order valence-electron chi connectivity index (χ1n) is 5.09. The van der Waals surface area contributed by atoms with Crippen molar-refractivity contribution in [3.63, 3.8) is 0 Å². The molecule has 0 aromatic heterocycles. The van der Waals surface area contributed by atoms with Crippen molar-refractivity contribution in [3.8, 4) is 0 Å². The first-order chi connectivity index (χ1) is 5.71. The van der Waals surface area contributed by atoms with E-state index in [0.29, 0.717) is 0 Å². The van der Waals surface area contributed by atoms with Gasteiger partial charge in [-0.25, -0.2) is 0 Å². The van der Waals surface area contributed by atoms with Crippen LogP contribution < -0.4 is 0 Å². The van der Waals surface area contributed by atoms with Gasteiger partial charge in [0.15, 0.2) is 0 Å². The van der Waals surface area contributed by atoms with E-state index in [2.05, 4.69) is 27.7 Å². The topological polar surface area (TPSA) is 0 Å². The van der Waals surface area contributed by atoms with E-state index in [1.54, 1.807) is 0 Å². The quantitative estimate of drug-likeness (QED) is 0.442. The van der Waals surface area contributed by atoms with E-state index in [1.807, 2.05) is 0 Å². The molecule has 0 N–H and O–H groups in total. The van der Waals surface area contributed by atoms with Gasteiger partial charge in [0.25, 0.3) is 0 Å². The van der Waals surface area contributed by atoms with Gasteiger partial charge in [0.2, 0.25) is 0 Å². The molecular formula is C11H22Cl2. The molecule has 13 heavy (non-hydrogen) atoms. The van der Waals surface area contributed by atoms with Crippen LogP contribution in [0.1, 0.15) is 59.8 Å². The van der Waals surface area contributed by atoms with Crippen molar-refractivity contribution in [3.05, 3.63) is 0 Å². The molecule has 0 aromatic rings. The first kappa shape index (κ1) is 13.6. The Bertz CT molecular complexity index is 112. The van der Waals surface area contributed by atoms with Crippen LogP contribution in [0.5, 0.6) is 0 Å². The van der Waals surface area contributed by atoms with Crippen molar-refractivity contribution in [2.75, 3.05) is 0 Å². The van der Waals surface area contributed by atoms with Gasteiger partial charge >= 0.3 is 0 Å². The third kappa shape index (κ3) is 12.6. The zero-order valence-electron chi connectivity index (χ0n) is 9.29. The van der Waals surface area contributed by atoms with Crippen molar-refractivity contribution in [1.82, 2.24) is 0 Å². The SMILES string of the molecule is CC(C)(Cl)CCCCCC(C)(C)Cl. The summed E-state index contributed by atoms with van der Waals surface area (Å²) in [5.41, 5.74) is 0. The Kier molecular flexibility index (Phi) is 5.70. The Morgan fingerprint density at radius 1 is 0.692 bits per heavy atom. The Morgan fingerprint density at radius 2 is 1.00 bits per heavy atom. The van der Waals surface area contributed by atoms with Gasteiger partial charge in [-0.05, 0) is 40.5 Å². The minimum absolute atomic E-state index is 0.0313. The zero-order chi connectivity index (χ0) is 10.5. The van der Waals surface area contributed by atoms with Crippen molar-refractivity contribution >= 4 is 23.2 Å². The van der Waals surface area contributed by atoms with Gasteiger partial charge < -0.3 is 0 Å². The average Bonchev–Trinajstić information content (AvgIpc) is 1.81. The Labute approximate surface area is 93.0 Å². The molecule has 80 valence electrons. The number of unbranched alkanes of at least 4 members (excludes halogenated alkanes) is 2. The molecular weight excluding hydrogens is 203 g/mol. The molecule has 0 unspecified atom stereocenters. The fourth-order valence-corrected chi connectivity index (χ4v) is 1.53. The average molecular weight is 225 g/mol. The van der Waals surface area contributed by atoms with Crippen molar-refractivity contribution in [2.24, 2.45) is 0 Å². The maximum atomic E-state index is 6.08. The van der Waals surface area contributed by atoms with Gasteiger partial charge in [-0.3, -0.25) is 0 Å². The fraction of sp³-hybridized carbons (Fsp3) is 1.00. The molecule has 0 rings (SSSR count). The standard InChI is InChI=1S/C11H22Cl2/c1-10(2,12)8-6-5-7-9-11(3,4)13/h5-9H2,1-4H3. The molecule has 0 saturated carbocycles. The summed E-state index contributed by atoms with van der Waals surface area (Å²) in [5, 5.41) is 0. The summed E-state index contributed by atoms with van der Waals surface area (Å²) in [7, 11) is 0. The van der Waals surface area contributed by atoms with Crippen LogP contribution in [0.3, 0.4) is 0 Å². The predicted molar refractivity (Wildman–Crippen MR) is 62.9 cm³/mol. The van der Waals surface area contributed by atoms with Gasteiger partial charge in [0.1, 0.15) is 0 Å². The summed E-state index contributed by atoms with van der Waals surface area (Å²) in [6.07, 6.45) is 5.85. The Morgan fingerprint density at radius 3 is 1.23 bits per heavy atom. The number of rotatable bonds is 6. The normalized spacial score (nSPS) is 13.4. The number of alkyl halides is 2. The van der Waals surface area contributed by atoms with E-state index < -0.39 is 0 Å². The third-order valence-electron chi connectivity index (χ3n) is 2.04. The predicted octanol–water partition coefficient (Wildman–Crippen LogP) is 4.97. The van der Waals surface area contributed by atoms with Gasteiger partial charge in [-0.2, -0.15) is 0 Å². The highest BCUT2D eigenvalue weighted by Crippen LogP contribution is 2.24. The molecule has 0 amide bonds.